The van der Waals surface area contributed by atoms with Crippen LogP contribution in [-0.2, 0) is 0 Å². The van der Waals surface area contributed by atoms with Crippen LogP contribution in [0.1, 0.15) is 19.8 Å². The van der Waals surface area contributed by atoms with Crippen LogP contribution in [0.25, 0.3) is 11.1 Å². The third-order valence-corrected chi connectivity index (χ3v) is 2.82. The predicted octanol–water partition coefficient (Wildman–Crippen LogP) is 2.37. The van der Waals surface area contributed by atoms with E-state index >= 15 is 0 Å². The monoisotopic (exact) mass is 203 g/mol. The van der Waals surface area contributed by atoms with Crippen LogP contribution in [0.3, 0.4) is 0 Å². The fourth-order valence-electron chi connectivity index (χ4n) is 1.57. The summed E-state index contributed by atoms with van der Waals surface area (Å²) >= 11 is 0. The minimum Gasteiger partial charge on any atom is -0.424 e. The predicted molar refractivity (Wildman–Crippen MR) is 59.7 cm³/mol. The smallest absolute Gasteiger partial charge is 0.296 e. The third kappa shape index (κ3) is 1.52. The van der Waals surface area contributed by atoms with E-state index in [0.717, 1.165) is 11.1 Å². The van der Waals surface area contributed by atoms with Crippen molar-refractivity contribution in [3.8, 4) is 0 Å². The lowest BCUT2D eigenvalue weighted by Gasteiger charge is -2.06. The summed E-state index contributed by atoms with van der Waals surface area (Å²) in [4.78, 5) is 4.34. The molecule has 1 aliphatic rings. The lowest BCUT2D eigenvalue weighted by molar-refractivity contribution is 0.598. The highest BCUT2D eigenvalue weighted by Crippen LogP contribution is 2.38. The molecule has 3 rings (SSSR count). The van der Waals surface area contributed by atoms with Gasteiger partial charge in [-0.3, -0.25) is 0 Å². The van der Waals surface area contributed by atoms with Crippen LogP contribution in [-0.4, -0.2) is 10.5 Å². The van der Waals surface area contributed by atoms with E-state index < -0.39 is 0 Å². The summed E-state index contributed by atoms with van der Waals surface area (Å²) in [6.45, 7) is 2.16. The molecule has 0 amide bonds. The van der Waals surface area contributed by atoms with E-state index in [-0.39, 0.29) is 5.54 Å². The minimum absolute atomic E-state index is 0.187. The first-order valence-electron chi connectivity index (χ1n) is 5.09. The van der Waals surface area contributed by atoms with Gasteiger partial charge in [-0.2, -0.15) is 4.98 Å². The van der Waals surface area contributed by atoms with Gasteiger partial charge in [0.2, 0.25) is 0 Å². The van der Waals surface area contributed by atoms with Crippen molar-refractivity contribution in [1.82, 2.24) is 4.98 Å². The number of nitrogens with two attached hydrogens (primary N) is 1. The van der Waals surface area contributed by atoms with E-state index in [1.54, 1.807) is 0 Å². The first kappa shape index (κ1) is 8.59. The molecule has 3 N–H and O–H groups in total. The summed E-state index contributed by atoms with van der Waals surface area (Å²) in [6.07, 6.45) is 2.35. The second-order valence-electron chi connectivity index (χ2n) is 4.43. The molecule has 1 fully saturated rings. The third-order valence-electron chi connectivity index (χ3n) is 2.82. The van der Waals surface area contributed by atoms with Crippen LogP contribution in [0.2, 0.25) is 0 Å². The number of rotatable bonds is 2. The summed E-state index contributed by atoms with van der Waals surface area (Å²) in [6, 6.07) is 6.07. The maximum Gasteiger partial charge on any atom is 0.296 e. The van der Waals surface area contributed by atoms with E-state index in [9.17, 15) is 0 Å². The Kier molecular flexibility index (Phi) is 1.52. The second kappa shape index (κ2) is 2.66. The van der Waals surface area contributed by atoms with Gasteiger partial charge in [0.25, 0.3) is 6.01 Å². The van der Waals surface area contributed by atoms with Crippen molar-refractivity contribution in [3.05, 3.63) is 18.2 Å². The van der Waals surface area contributed by atoms with Gasteiger partial charge in [-0.1, -0.05) is 0 Å². The largest absolute Gasteiger partial charge is 0.424 e. The van der Waals surface area contributed by atoms with Crippen molar-refractivity contribution in [2.24, 2.45) is 0 Å². The van der Waals surface area contributed by atoms with E-state index in [2.05, 4.69) is 17.2 Å². The topological polar surface area (TPSA) is 64.1 Å². The van der Waals surface area contributed by atoms with Crippen LogP contribution >= 0.6 is 0 Å². The summed E-state index contributed by atoms with van der Waals surface area (Å²) in [5, 5.41) is 3.28. The van der Waals surface area contributed by atoms with Crippen LogP contribution < -0.4 is 11.1 Å². The highest BCUT2D eigenvalue weighted by molar-refractivity contribution is 5.78. The van der Waals surface area contributed by atoms with E-state index in [4.69, 9.17) is 10.2 Å². The van der Waals surface area contributed by atoms with Gasteiger partial charge in [0.05, 0.1) is 0 Å². The molecule has 0 radical (unpaired) electrons. The Labute approximate surface area is 87.5 Å². The number of nitrogen functional groups attached to an aromatic ring is 1. The van der Waals surface area contributed by atoms with Gasteiger partial charge in [-0.05, 0) is 38.0 Å². The van der Waals surface area contributed by atoms with E-state index in [1.807, 2.05) is 18.2 Å². The van der Waals surface area contributed by atoms with Crippen molar-refractivity contribution < 1.29 is 4.42 Å². The SMILES string of the molecule is CC1(Nc2nc3cc(N)ccc3o2)CC1. The Morgan fingerprint density at radius 1 is 1.47 bits per heavy atom. The van der Waals surface area contributed by atoms with Crippen LogP contribution in [0.15, 0.2) is 22.6 Å². The zero-order chi connectivity index (χ0) is 10.5. The Balaban J connectivity index is 1.99. The van der Waals surface area contributed by atoms with Crippen molar-refractivity contribution in [2.45, 2.75) is 25.3 Å². The van der Waals surface area contributed by atoms with Crippen molar-refractivity contribution in [2.75, 3.05) is 11.1 Å². The molecule has 0 unspecified atom stereocenters. The fraction of sp³-hybridized carbons (Fsp3) is 0.364. The van der Waals surface area contributed by atoms with Gasteiger partial charge < -0.3 is 15.5 Å². The molecule has 1 aliphatic carbocycles. The summed E-state index contributed by atoms with van der Waals surface area (Å²) < 4.78 is 5.56. The quantitative estimate of drug-likeness (QED) is 0.735. The zero-order valence-electron chi connectivity index (χ0n) is 8.58. The Morgan fingerprint density at radius 3 is 3.00 bits per heavy atom. The lowest BCUT2D eigenvalue weighted by atomic mass is 10.3. The molecule has 0 saturated heterocycles. The minimum atomic E-state index is 0.187. The Hall–Kier alpha value is -1.71. The van der Waals surface area contributed by atoms with Crippen LogP contribution in [0, 0.1) is 0 Å². The summed E-state index contributed by atoms with van der Waals surface area (Å²) in [7, 11) is 0. The molecule has 78 valence electrons. The molecule has 4 heteroatoms. The zero-order valence-corrected chi connectivity index (χ0v) is 8.58. The number of oxazole rings is 1. The first-order valence-corrected chi connectivity index (χ1v) is 5.09. The van der Waals surface area contributed by atoms with Crippen molar-refractivity contribution >= 4 is 22.8 Å². The van der Waals surface area contributed by atoms with Crippen LogP contribution in [0.4, 0.5) is 11.7 Å². The number of benzene rings is 1. The standard InChI is InChI=1S/C11H13N3O/c1-11(4-5-11)14-10-13-8-6-7(12)2-3-9(8)15-10/h2-3,6H,4-5,12H2,1H3,(H,13,14). The van der Waals surface area contributed by atoms with E-state index in [0.29, 0.717) is 11.7 Å². The first-order chi connectivity index (χ1) is 7.15. The molecule has 0 bridgehead atoms. The van der Waals surface area contributed by atoms with Gasteiger partial charge in [0, 0.05) is 11.2 Å². The van der Waals surface area contributed by atoms with Gasteiger partial charge in [-0.25, -0.2) is 0 Å². The van der Waals surface area contributed by atoms with Crippen molar-refractivity contribution in [3.63, 3.8) is 0 Å². The lowest BCUT2D eigenvalue weighted by Crippen LogP contribution is -2.15. The number of anilines is 2. The Bertz CT molecular complexity index is 514. The average Bonchev–Trinajstić information content (AvgIpc) is 2.76. The van der Waals surface area contributed by atoms with Gasteiger partial charge in [-0.15, -0.1) is 0 Å². The molecule has 2 aromatic rings. The number of hydrogen-bond donors (Lipinski definition) is 2. The average molecular weight is 203 g/mol. The number of fused-ring (bicyclic) bond motifs is 1. The molecular formula is C11H13N3O. The molecule has 1 aromatic heterocycles. The molecule has 15 heavy (non-hydrogen) atoms. The number of aromatic nitrogens is 1. The molecule has 1 saturated carbocycles. The summed E-state index contributed by atoms with van der Waals surface area (Å²) in [5.41, 5.74) is 8.15. The highest BCUT2D eigenvalue weighted by atomic mass is 16.4. The number of nitrogens with zero attached hydrogens (tertiary/aromatic N) is 1. The second-order valence-corrected chi connectivity index (χ2v) is 4.43. The molecule has 1 heterocycles. The fourth-order valence-corrected chi connectivity index (χ4v) is 1.57. The molecule has 0 spiro atoms. The van der Waals surface area contributed by atoms with E-state index in [1.165, 1.54) is 12.8 Å². The highest BCUT2D eigenvalue weighted by Gasteiger charge is 2.38. The maximum absolute atomic E-state index is 5.67. The van der Waals surface area contributed by atoms with Crippen molar-refractivity contribution in [1.29, 1.82) is 0 Å². The maximum atomic E-state index is 5.67. The molecule has 0 atom stereocenters. The molecule has 4 nitrogen and oxygen atoms in total. The molecule has 0 aliphatic heterocycles. The van der Waals surface area contributed by atoms with Gasteiger partial charge in [0.15, 0.2) is 5.58 Å². The number of nitrogens with one attached hydrogen (secondary N) is 1. The normalized spacial score (nSPS) is 17.9. The number of hydrogen-bond acceptors (Lipinski definition) is 4. The summed E-state index contributed by atoms with van der Waals surface area (Å²) in [5.74, 6) is 0. The van der Waals surface area contributed by atoms with Gasteiger partial charge in [0.1, 0.15) is 5.52 Å². The molecular weight excluding hydrogens is 190 g/mol. The van der Waals surface area contributed by atoms with Crippen LogP contribution in [0.5, 0.6) is 0 Å². The Morgan fingerprint density at radius 2 is 2.27 bits per heavy atom. The van der Waals surface area contributed by atoms with Gasteiger partial charge >= 0.3 is 0 Å². The molecule has 1 aromatic carbocycles.